The number of anilines is 2. The number of aliphatic hydroxyl groups excluding tert-OH is 1. The highest BCUT2D eigenvalue weighted by Gasteiger charge is 1.98. The molecule has 0 aliphatic carbocycles. The van der Waals surface area contributed by atoms with Crippen LogP contribution in [0, 0.1) is 0 Å². The van der Waals surface area contributed by atoms with Gasteiger partial charge < -0.3 is 10.4 Å². The van der Waals surface area contributed by atoms with Crippen molar-refractivity contribution in [1.29, 1.82) is 0 Å². The maximum absolute atomic E-state index is 9.03. The van der Waals surface area contributed by atoms with E-state index in [2.05, 4.69) is 20.7 Å². The number of rotatable bonds is 5. The van der Waals surface area contributed by atoms with Crippen LogP contribution in [0.3, 0.4) is 0 Å². The summed E-state index contributed by atoms with van der Waals surface area (Å²) in [6.45, 7) is 2.41. The van der Waals surface area contributed by atoms with Crippen LogP contribution >= 0.6 is 0 Å². The van der Waals surface area contributed by atoms with Crippen molar-refractivity contribution in [2.24, 2.45) is 5.84 Å². The summed E-state index contributed by atoms with van der Waals surface area (Å²) >= 11 is 0. The van der Waals surface area contributed by atoms with E-state index in [0.717, 1.165) is 0 Å². The van der Waals surface area contributed by atoms with Crippen LogP contribution in [0.2, 0.25) is 0 Å². The fourth-order valence-electron chi connectivity index (χ4n) is 0.936. The summed E-state index contributed by atoms with van der Waals surface area (Å²) in [4.78, 5) is 7.91. The van der Waals surface area contributed by atoms with E-state index in [0.29, 0.717) is 24.7 Å². The van der Waals surface area contributed by atoms with E-state index in [4.69, 9.17) is 10.9 Å². The van der Waals surface area contributed by atoms with Crippen LogP contribution in [0.5, 0.6) is 0 Å². The fraction of sp³-hybridized carbons (Fsp3) is 0.500. The zero-order valence-electron chi connectivity index (χ0n) is 8.07. The van der Waals surface area contributed by atoms with E-state index < -0.39 is 0 Å². The summed E-state index contributed by atoms with van der Waals surface area (Å²) in [6, 6.07) is 1.74. The third-order valence-corrected chi connectivity index (χ3v) is 1.65. The molecule has 0 saturated heterocycles. The Hall–Kier alpha value is -1.40. The van der Waals surface area contributed by atoms with Crippen LogP contribution in [-0.2, 0) is 0 Å². The van der Waals surface area contributed by atoms with Gasteiger partial charge in [0.15, 0.2) is 0 Å². The lowest BCUT2D eigenvalue weighted by atomic mass is 10.3. The van der Waals surface area contributed by atoms with Crippen LogP contribution in [0.4, 0.5) is 11.8 Å². The van der Waals surface area contributed by atoms with E-state index >= 15 is 0 Å². The molecule has 0 bridgehead atoms. The third-order valence-electron chi connectivity index (χ3n) is 1.65. The maximum atomic E-state index is 9.03. The zero-order valence-corrected chi connectivity index (χ0v) is 8.07. The van der Waals surface area contributed by atoms with Crippen molar-refractivity contribution in [3.05, 3.63) is 12.3 Å². The van der Waals surface area contributed by atoms with Crippen LogP contribution in [0.1, 0.15) is 13.3 Å². The molecule has 0 aliphatic rings. The summed E-state index contributed by atoms with van der Waals surface area (Å²) in [5.41, 5.74) is 2.35. The van der Waals surface area contributed by atoms with Gasteiger partial charge in [0.05, 0.1) is 6.10 Å². The summed E-state index contributed by atoms with van der Waals surface area (Å²) in [6.07, 6.45) is 1.97. The molecule has 0 aliphatic heterocycles. The van der Waals surface area contributed by atoms with Crippen molar-refractivity contribution in [3.8, 4) is 0 Å². The van der Waals surface area contributed by atoms with Gasteiger partial charge in [-0.15, -0.1) is 0 Å². The highest BCUT2D eigenvalue weighted by molar-refractivity contribution is 5.38. The smallest absolute Gasteiger partial charge is 0.239 e. The quantitative estimate of drug-likeness (QED) is 0.390. The van der Waals surface area contributed by atoms with Gasteiger partial charge in [-0.05, 0) is 19.4 Å². The fourth-order valence-corrected chi connectivity index (χ4v) is 0.936. The van der Waals surface area contributed by atoms with Crippen molar-refractivity contribution >= 4 is 11.8 Å². The highest BCUT2D eigenvalue weighted by atomic mass is 16.3. The molecular weight excluding hydrogens is 182 g/mol. The molecule has 1 unspecified atom stereocenters. The number of aliphatic hydroxyl groups is 1. The molecule has 1 aromatic heterocycles. The molecule has 14 heavy (non-hydrogen) atoms. The Morgan fingerprint density at radius 3 is 3.07 bits per heavy atom. The molecule has 0 amide bonds. The van der Waals surface area contributed by atoms with Crippen LogP contribution in [-0.4, -0.2) is 27.7 Å². The first-order valence-electron chi connectivity index (χ1n) is 4.44. The Morgan fingerprint density at radius 2 is 2.43 bits per heavy atom. The number of hydrazine groups is 1. The average molecular weight is 197 g/mol. The van der Waals surface area contributed by atoms with E-state index in [1.54, 1.807) is 19.2 Å². The Bertz CT molecular complexity index is 278. The molecule has 0 radical (unpaired) electrons. The second-order valence-corrected chi connectivity index (χ2v) is 2.97. The molecule has 0 fully saturated rings. The summed E-state index contributed by atoms with van der Waals surface area (Å²) in [5.74, 6) is 6.21. The Labute approximate surface area is 82.5 Å². The number of nitrogen functional groups attached to an aromatic ring is 1. The van der Waals surface area contributed by atoms with Crippen molar-refractivity contribution in [3.63, 3.8) is 0 Å². The lowest BCUT2D eigenvalue weighted by Gasteiger charge is -2.07. The predicted molar refractivity (Wildman–Crippen MR) is 54.6 cm³/mol. The van der Waals surface area contributed by atoms with Crippen LogP contribution in [0.15, 0.2) is 12.3 Å². The molecule has 5 N–H and O–H groups in total. The van der Waals surface area contributed by atoms with E-state index in [-0.39, 0.29) is 6.10 Å². The van der Waals surface area contributed by atoms with Gasteiger partial charge >= 0.3 is 0 Å². The molecule has 0 saturated carbocycles. The minimum absolute atomic E-state index is 0.309. The van der Waals surface area contributed by atoms with Crippen LogP contribution in [0.25, 0.3) is 0 Å². The number of aromatic nitrogens is 2. The largest absolute Gasteiger partial charge is 0.393 e. The number of nitrogens with one attached hydrogen (secondary N) is 2. The van der Waals surface area contributed by atoms with Gasteiger partial charge in [-0.3, -0.25) is 5.43 Å². The minimum atomic E-state index is -0.309. The average Bonchev–Trinajstić information content (AvgIpc) is 2.18. The monoisotopic (exact) mass is 197 g/mol. The number of hydrogen-bond donors (Lipinski definition) is 4. The van der Waals surface area contributed by atoms with Gasteiger partial charge in [0.25, 0.3) is 0 Å². The second kappa shape index (κ2) is 5.36. The van der Waals surface area contributed by atoms with Gasteiger partial charge in [-0.2, -0.15) is 4.98 Å². The van der Waals surface area contributed by atoms with Gasteiger partial charge in [0.2, 0.25) is 5.95 Å². The van der Waals surface area contributed by atoms with Gasteiger partial charge in [-0.25, -0.2) is 10.8 Å². The standard InChI is InChI=1S/C8H15N5O/c1-6(14)2-4-10-7-3-5-11-8(12-7)13-9/h3,5-6,14H,2,4,9H2,1H3,(H2,10,11,12,13). The third kappa shape index (κ3) is 3.55. The van der Waals surface area contributed by atoms with E-state index in [1.807, 2.05) is 0 Å². The Balaban J connectivity index is 2.42. The Kier molecular flexibility index (Phi) is 4.09. The molecule has 6 heteroatoms. The van der Waals surface area contributed by atoms with E-state index in [9.17, 15) is 0 Å². The Morgan fingerprint density at radius 1 is 1.64 bits per heavy atom. The van der Waals surface area contributed by atoms with Crippen molar-refractivity contribution < 1.29 is 5.11 Å². The minimum Gasteiger partial charge on any atom is -0.393 e. The van der Waals surface area contributed by atoms with E-state index in [1.165, 1.54) is 0 Å². The molecule has 1 atom stereocenters. The van der Waals surface area contributed by atoms with Crippen molar-refractivity contribution in [2.75, 3.05) is 17.3 Å². The summed E-state index contributed by atoms with van der Waals surface area (Å²) in [5, 5.41) is 12.1. The predicted octanol–water partition coefficient (Wildman–Crippen LogP) is -0.0550. The molecule has 0 aromatic carbocycles. The lowest BCUT2D eigenvalue weighted by molar-refractivity contribution is 0.188. The molecular formula is C8H15N5O. The number of nitrogens with zero attached hydrogens (tertiary/aromatic N) is 2. The molecule has 78 valence electrons. The molecule has 1 aromatic rings. The molecule has 6 nitrogen and oxygen atoms in total. The van der Waals surface area contributed by atoms with Crippen molar-refractivity contribution in [1.82, 2.24) is 9.97 Å². The summed E-state index contributed by atoms with van der Waals surface area (Å²) in [7, 11) is 0. The lowest BCUT2D eigenvalue weighted by Crippen LogP contribution is -2.13. The topological polar surface area (TPSA) is 96.1 Å². The molecule has 1 rings (SSSR count). The zero-order chi connectivity index (χ0) is 10.4. The second-order valence-electron chi connectivity index (χ2n) is 2.97. The number of hydrogen-bond acceptors (Lipinski definition) is 6. The first-order chi connectivity index (χ1) is 6.72. The molecule has 0 spiro atoms. The first-order valence-corrected chi connectivity index (χ1v) is 4.44. The molecule has 1 heterocycles. The van der Waals surface area contributed by atoms with Gasteiger partial charge in [0.1, 0.15) is 5.82 Å². The first kappa shape index (κ1) is 10.7. The maximum Gasteiger partial charge on any atom is 0.239 e. The normalized spacial score (nSPS) is 12.2. The summed E-state index contributed by atoms with van der Waals surface area (Å²) < 4.78 is 0. The number of nitrogens with two attached hydrogens (primary N) is 1. The SMILES string of the molecule is CC(O)CCNc1ccnc(NN)n1. The van der Waals surface area contributed by atoms with Gasteiger partial charge in [0, 0.05) is 12.7 Å². The van der Waals surface area contributed by atoms with Crippen LogP contribution < -0.4 is 16.6 Å². The van der Waals surface area contributed by atoms with Crippen molar-refractivity contribution in [2.45, 2.75) is 19.4 Å². The highest BCUT2D eigenvalue weighted by Crippen LogP contribution is 2.04. The van der Waals surface area contributed by atoms with Gasteiger partial charge in [-0.1, -0.05) is 0 Å².